The summed E-state index contributed by atoms with van der Waals surface area (Å²) >= 11 is 2.83. The molecular formula is C9H12BrN3. The minimum atomic E-state index is -3.54. The van der Waals surface area contributed by atoms with Crippen molar-refractivity contribution < 1.29 is 16.4 Å². The highest BCUT2D eigenvalue weighted by molar-refractivity contribution is 9.10. The van der Waals surface area contributed by atoms with Gasteiger partial charge in [0.1, 0.15) is 4.60 Å². The van der Waals surface area contributed by atoms with Gasteiger partial charge in [0.05, 0.1) is 2.74 Å². The number of anilines is 1. The minimum Gasteiger partial charge on any atom is -0.341 e. The Kier molecular flexibility index (Phi) is 0.772. The standard InChI is InChI=1S/C9H12BrN3/c10-8-4-5-11-9(12-8)13-6-2-1-3-7-13/h4-5H,1-3,6-7H2/i1D2,2D2,3D2,4D,5D,6D2,7D2. The molecule has 0 unspecified atom stereocenters. The Morgan fingerprint density at radius 3 is 2.92 bits per heavy atom. The monoisotopic (exact) mass is 253 g/mol. The molecule has 0 saturated carbocycles. The summed E-state index contributed by atoms with van der Waals surface area (Å²) in [6.45, 7) is -6.83. The van der Waals surface area contributed by atoms with E-state index in [2.05, 4.69) is 25.9 Å². The predicted molar refractivity (Wildman–Crippen MR) is 55.8 cm³/mol. The first-order valence-electron chi connectivity index (χ1n) is 9.25. The fourth-order valence-corrected chi connectivity index (χ4v) is 0.939. The lowest BCUT2D eigenvalue weighted by molar-refractivity contribution is 0.568. The van der Waals surface area contributed by atoms with Crippen molar-refractivity contribution in [3.8, 4) is 0 Å². The van der Waals surface area contributed by atoms with Crippen LogP contribution in [0.3, 0.4) is 0 Å². The molecule has 1 aromatic heterocycles. The molecular weight excluding hydrogens is 230 g/mol. The minimum absolute atomic E-state index is 0.0520. The third kappa shape index (κ3) is 2.18. The highest BCUT2D eigenvalue weighted by Gasteiger charge is 2.12. The molecule has 13 heavy (non-hydrogen) atoms. The van der Waals surface area contributed by atoms with Crippen LogP contribution in [-0.4, -0.2) is 23.0 Å². The molecule has 0 aliphatic carbocycles. The molecule has 1 fully saturated rings. The number of halogens is 1. The van der Waals surface area contributed by atoms with Crippen LogP contribution in [0.15, 0.2) is 16.8 Å². The molecule has 70 valence electrons. The van der Waals surface area contributed by atoms with E-state index in [1.54, 1.807) is 0 Å². The van der Waals surface area contributed by atoms with Gasteiger partial charge in [0.2, 0.25) is 5.95 Å². The Bertz CT molecular complexity index is 667. The van der Waals surface area contributed by atoms with Gasteiger partial charge in [0.25, 0.3) is 0 Å². The Morgan fingerprint density at radius 1 is 1.46 bits per heavy atom. The smallest absolute Gasteiger partial charge is 0.226 e. The first-order chi connectivity index (χ1) is 10.9. The molecule has 3 nitrogen and oxygen atoms in total. The van der Waals surface area contributed by atoms with Crippen molar-refractivity contribution in [3.05, 3.63) is 16.8 Å². The normalized spacial score (nSPS) is 50.4. The number of hydrogen-bond donors (Lipinski definition) is 0. The summed E-state index contributed by atoms with van der Waals surface area (Å²) in [5.74, 6) is -0.883. The van der Waals surface area contributed by atoms with Gasteiger partial charge in [-0.2, -0.15) is 0 Å². The fourth-order valence-electron chi connectivity index (χ4n) is 0.692. The van der Waals surface area contributed by atoms with Crippen molar-refractivity contribution in [2.24, 2.45) is 0 Å². The molecule has 1 aromatic rings. The van der Waals surface area contributed by atoms with Gasteiger partial charge in [-0.05, 0) is 41.1 Å². The molecule has 2 rings (SSSR count). The van der Waals surface area contributed by atoms with Crippen molar-refractivity contribution in [2.75, 3.05) is 17.9 Å². The Balaban J connectivity index is 2.84. The van der Waals surface area contributed by atoms with Crippen molar-refractivity contribution in [2.45, 2.75) is 19.1 Å². The van der Waals surface area contributed by atoms with Crippen LogP contribution in [0.4, 0.5) is 5.95 Å². The third-order valence-corrected chi connectivity index (χ3v) is 1.55. The molecule has 2 heterocycles. The zero-order chi connectivity index (χ0) is 19.8. The van der Waals surface area contributed by atoms with Crippen molar-refractivity contribution >= 4 is 21.9 Å². The molecule has 0 atom stereocenters. The van der Waals surface area contributed by atoms with E-state index in [0.717, 1.165) is 0 Å². The van der Waals surface area contributed by atoms with Crippen LogP contribution in [0.1, 0.15) is 35.6 Å². The van der Waals surface area contributed by atoms with E-state index in [4.69, 9.17) is 16.4 Å². The molecule has 0 amide bonds. The largest absolute Gasteiger partial charge is 0.341 e. The van der Waals surface area contributed by atoms with E-state index in [1.807, 2.05) is 0 Å². The summed E-state index contributed by atoms with van der Waals surface area (Å²) in [7, 11) is 0. The fraction of sp³-hybridized carbons (Fsp3) is 0.556. The van der Waals surface area contributed by atoms with Crippen molar-refractivity contribution in [3.63, 3.8) is 0 Å². The molecule has 1 saturated heterocycles. The van der Waals surface area contributed by atoms with Crippen LogP contribution >= 0.6 is 15.9 Å². The van der Waals surface area contributed by atoms with Crippen LogP contribution in [-0.2, 0) is 0 Å². The van der Waals surface area contributed by atoms with Gasteiger partial charge in [-0.3, -0.25) is 0 Å². The summed E-state index contributed by atoms with van der Waals surface area (Å²) in [6, 6.07) is -0.483. The second kappa shape index (κ2) is 4.05. The van der Waals surface area contributed by atoms with E-state index < -0.39 is 50.3 Å². The lowest BCUT2D eigenvalue weighted by Gasteiger charge is -2.26. The zero-order valence-corrected chi connectivity index (χ0v) is 7.81. The molecule has 0 spiro atoms. The summed E-state index contributed by atoms with van der Waals surface area (Å²) in [6.07, 6.45) is -11.3. The van der Waals surface area contributed by atoms with E-state index in [1.165, 1.54) is 0 Å². The Morgan fingerprint density at radius 2 is 2.23 bits per heavy atom. The van der Waals surface area contributed by atoms with Crippen molar-refractivity contribution in [1.82, 2.24) is 9.97 Å². The van der Waals surface area contributed by atoms with Gasteiger partial charge >= 0.3 is 0 Å². The lowest BCUT2D eigenvalue weighted by atomic mass is 10.1. The number of rotatable bonds is 1. The molecule has 1 aliphatic rings. The van der Waals surface area contributed by atoms with Crippen LogP contribution in [0.5, 0.6) is 0 Å². The van der Waals surface area contributed by atoms with Crippen LogP contribution in [0, 0.1) is 0 Å². The number of piperidine rings is 1. The van der Waals surface area contributed by atoms with Gasteiger partial charge in [-0.1, -0.05) is 0 Å². The van der Waals surface area contributed by atoms with Crippen LogP contribution in [0.25, 0.3) is 0 Å². The highest BCUT2D eigenvalue weighted by Crippen LogP contribution is 2.16. The highest BCUT2D eigenvalue weighted by atomic mass is 79.9. The van der Waals surface area contributed by atoms with Gasteiger partial charge in [-0.25, -0.2) is 9.97 Å². The summed E-state index contributed by atoms with van der Waals surface area (Å²) < 4.78 is 93.3. The van der Waals surface area contributed by atoms with E-state index >= 15 is 0 Å². The van der Waals surface area contributed by atoms with Crippen LogP contribution < -0.4 is 4.90 Å². The van der Waals surface area contributed by atoms with E-state index in [9.17, 15) is 0 Å². The van der Waals surface area contributed by atoms with E-state index in [-0.39, 0.29) is 9.50 Å². The molecule has 4 heteroatoms. The Labute approximate surface area is 103 Å². The van der Waals surface area contributed by atoms with Crippen LogP contribution in [0.2, 0.25) is 0 Å². The maximum atomic E-state index is 7.97. The van der Waals surface area contributed by atoms with Crippen molar-refractivity contribution in [1.29, 1.82) is 0 Å². The second-order valence-corrected chi connectivity index (χ2v) is 2.74. The molecule has 0 radical (unpaired) electrons. The van der Waals surface area contributed by atoms with Gasteiger partial charge < -0.3 is 4.90 Å². The summed E-state index contributed by atoms with van der Waals surface area (Å²) in [5, 5.41) is 0. The number of hydrogen-bond acceptors (Lipinski definition) is 3. The average molecular weight is 254 g/mol. The number of aromatic nitrogens is 2. The predicted octanol–water partition coefficient (Wildman–Crippen LogP) is 2.23. The topological polar surface area (TPSA) is 29.0 Å². The quantitative estimate of drug-likeness (QED) is 0.720. The first kappa shape index (κ1) is 2.48. The maximum absolute atomic E-state index is 7.97. The zero-order valence-electron chi connectivity index (χ0n) is 18.2. The van der Waals surface area contributed by atoms with Gasteiger partial charge in [0, 0.05) is 32.9 Å². The average Bonchev–Trinajstić information content (AvgIpc) is 2.42. The summed E-state index contributed by atoms with van der Waals surface area (Å²) in [5.41, 5.74) is 0. The van der Waals surface area contributed by atoms with E-state index in [0.29, 0.717) is 0 Å². The van der Waals surface area contributed by atoms with Gasteiger partial charge in [-0.15, -0.1) is 0 Å². The Hall–Kier alpha value is -0.640. The summed E-state index contributed by atoms with van der Waals surface area (Å²) in [4.78, 5) is 7.02. The molecule has 0 bridgehead atoms. The second-order valence-electron chi connectivity index (χ2n) is 1.99. The third-order valence-electron chi connectivity index (χ3n) is 1.17. The maximum Gasteiger partial charge on any atom is 0.226 e. The molecule has 0 aromatic carbocycles. The molecule has 1 aliphatic heterocycles. The molecule has 0 N–H and O–H groups in total. The first-order valence-corrected chi connectivity index (χ1v) is 4.05. The lowest BCUT2D eigenvalue weighted by Crippen LogP contribution is -2.30. The van der Waals surface area contributed by atoms with Gasteiger partial charge in [0.15, 0.2) is 0 Å². The SMILES string of the molecule is [2H]c1nc(N2C([2H])([2H])C([2H])([2H])C([2H])([2H])C([2H])([2H])C2([2H])[2H])nc(Br)c1[2H]. The number of nitrogens with zero attached hydrogens (tertiary/aromatic N) is 3.